The Labute approximate surface area is 95.8 Å². The molecule has 90 valence electrons. The van der Waals surface area contributed by atoms with Gasteiger partial charge in [-0.2, -0.15) is 5.10 Å². The van der Waals surface area contributed by atoms with Crippen molar-refractivity contribution in [1.82, 2.24) is 5.43 Å². The number of amides is 1. The minimum absolute atomic E-state index is 0.0244. The average molecular weight is 226 g/mol. The van der Waals surface area contributed by atoms with Crippen LogP contribution in [-0.4, -0.2) is 44.5 Å². The molecule has 0 aromatic heterocycles. The number of carbonyl (C=O) groups is 1. The van der Waals surface area contributed by atoms with Gasteiger partial charge < -0.3 is 9.64 Å². The van der Waals surface area contributed by atoms with Gasteiger partial charge in [0.05, 0.1) is 13.2 Å². The Bertz CT molecular complexity index is 264. The Morgan fingerprint density at radius 3 is 2.69 bits per heavy atom. The van der Waals surface area contributed by atoms with Crippen LogP contribution < -0.4 is 10.3 Å². The number of hydrogen-bond acceptors (Lipinski definition) is 3. The summed E-state index contributed by atoms with van der Waals surface area (Å²) in [4.78, 5) is 12.9. The van der Waals surface area contributed by atoms with E-state index in [1.165, 1.54) is 17.7 Å². The highest BCUT2D eigenvalue weighted by Crippen LogP contribution is 2.13. The number of hydrazone groups is 1. The van der Waals surface area contributed by atoms with Gasteiger partial charge in [-0.05, 0) is 25.7 Å². The summed E-state index contributed by atoms with van der Waals surface area (Å²) in [5.41, 5.74) is 3.80. The van der Waals surface area contributed by atoms with Crippen LogP contribution in [0.25, 0.3) is 0 Å². The minimum atomic E-state index is 0.0244. The van der Waals surface area contributed by atoms with E-state index >= 15 is 0 Å². The Morgan fingerprint density at radius 1 is 1.31 bits per heavy atom. The molecule has 0 aromatic carbocycles. The number of carbonyl (C=O) groups excluding carboxylic acids is 1. The van der Waals surface area contributed by atoms with Crippen LogP contribution in [0.5, 0.6) is 0 Å². The van der Waals surface area contributed by atoms with Crippen LogP contribution in [0.2, 0.25) is 0 Å². The fraction of sp³-hybridized carbons (Fsp3) is 0.818. The number of ether oxygens (including phenoxy) is 1. The van der Waals surface area contributed by atoms with E-state index in [9.17, 15) is 4.79 Å². The molecule has 5 nitrogen and oxygen atoms in total. The first-order valence-corrected chi connectivity index (χ1v) is 6.10. The molecule has 1 heterocycles. The second-order valence-electron chi connectivity index (χ2n) is 4.46. The summed E-state index contributed by atoms with van der Waals surface area (Å²) in [6.07, 6.45) is 4.52. The van der Waals surface area contributed by atoms with Crippen molar-refractivity contribution in [1.29, 1.82) is 0 Å². The van der Waals surface area contributed by atoms with Crippen molar-refractivity contribution in [2.75, 3.05) is 32.8 Å². The minimum Gasteiger partial charge on any atom is -0.370 e. The van der Waals surface area contributed by atoms with Crippen molar-refractivity contribution in [2.45, 2.75) is 25.7 Å². The molecule has 0 aromatic rings. The van der Waals surface area contributed by atoms with Gasteiger partial charge >= 0.3 is 0 Å². The van der Waals surface area contributed by atoms with Crippen LogP contribution in [0.1, 0.15) is 25.7 Å². The van der Waals surface area contributed by atoms with Gasteiger partial charge in [-0.1, -0.05) is 0 Å². The quantitative estimate of drug-likeness (QED) is 0.603. The molecule has 2 aliphatic rings. The van der Waals surface area contributed by atoms with E-state index in [0.29, 0.717) is 6.54 Å². The lowest BCUT2D eigenvalue weighted by Gasteiger charge is -2.22. The molecule has 0 bridgehead atoms. The van der Waals surface area contributed by atoms with Gasteiger partial charge in [-0.15, -0.1) is 0 Å². The molecule has 0 radical (unpaired) electrons. The largest absolute Gasteiger partial charge is 0.370 e. The molecular weight excluding hydrogens is 206 g/mol. The van der Waals surface area contributed by atoms with Crippen molar-refractivity contribution in [3.05, 3.63) is 0 Å². The van der Waals surface area contributed by atoms with Gasteiger partial charge in [-0.25, -0.2) is 5.43 Å². The third-order valence-corrected chi connectivity index (χ3v) is 3.13. The zero-order valence-corrected chi connectivity index (χ0v) is 9.63. The lowest BCUT2D eigenvalue weighted by Crippen LogP contribution is -3.15. The molecule has 5 heteroatoms. The maximum absolute atomic E-state index is 11.6. The molecule has 0 atom stereocenters. The molecule has 16 heavy (non-hydrogen) atoms. The van der Waals surface area contributed by atoms with Crippen molar-refractivity contribution in [2.24, 2.45) is 5.10 Å². The molecule has 0 unspecified atom stereocenters. The molecule has 1 saturated carbocycles. The van der Waals surface area contributed by atoms with E-state index in [0.717, 1.165) is 44.9 Å². The van der Waals surface area contributed by atoms with Crippen LogP contribution in [0.4, 0.5) is 0 Å². The van der Waals surface area contributed by atoms with Crippen molar-refractivity contribution < 1.29 is 14.4 Å². The molecular formula is C11H20N3O2+. The lowest BCUT2D eigenvalue weighted by atomic mass is 10.3. The predicted octanol–water partition coefficient (Wildman–Crippen LogP) is -1.05. The number of nitrogens with one attached hydrogen (secondary N) is 2. The first-order chi connectivity index (χ1) is 7.84. The van der Waals surface area contributed by atoms with Crippen LogP contribution >= 0.6 is 0 Å². The fourth-order valence-electron chi connectivity index (χ4n) is 2.14. The Morgan fingerprint density at radius 2 is 2.00 bits per heavy atom. The highest BCUT2D eigenvalue weighted by atomic mass is 16.5. The molecule has 2 rings (SSSR count). The third kappa shape index (κ3) is 3.57. The summed E-state index contributed by atoms with van der Waals surface area (Å²) in [5, 5.41) is 4.16. The van der Waals surface area contributed by atoms with Gasteiger partial charge in [0.2, 0.25) is 0 Å². The monoisotopic (exact) mass is 226 g/mol. The van der Waals surface area contributed by atoms with Crippen molar-refractivity contribution >= 4 is 11.6 Å². The van der Waals surface area contributed by atoms with Crippen LogP contribution in [0, 0.1) is 0 Å². The zero-order chi connectivity index (χ0) is 11.2. The molecule has 1 aliphatic heterocycles. The van der Waals surface area contributed by atoms with Gasteiger partial charge in [-0.3, -0.25) is 4.79 Å². The SMILES string of the molecule is O=C(C[NH+]1CCOCC1)NN=C1CCCC1. The summed E-state index contributed by atoms with van der Waals surface area (Å²) in [7, 11) is 0. The van der Waals surface area contributed by atoms with Gasteiger partial charge in [0.25, 0.3) is 5.91 Å². The van der Waals surface area contributed by atoms with Crippen LogP contribution in [0.15, 0.2) is 5.10 Å². The summed E-state index contributed by atoms with van der Waals surface area (Å²) in [5.74, 6) is 0.0244. The predicted molar refractivity (Wildman–Crippen MR) is 60.4 cm³/mol. The topological polar surface area (TPSA) is 55.1 Å². The van der Waals surface area contributed by atoms with Crippen LogP contribution in [-0.2, 0) is 9.53 Å². The highest BCUT2D eigenvalue weighted by molar-refractivity contribution is 5.87. The summed E-state index contributed by atoms with van der Waals surface area (Å²) < 4.78 is 5.24. The van der Waals surface area contributed by atoms with Gasteiger partial charge in [0.1, 0.15) is 13.1 Å². The standard InChI is InChI=1S/C11H19N3O2/c15-11(9-14-5-7-16-8-6-14)13-12-10-3-1-2-4-10/h1-9H2,(H,13,15)/p+1. The number of hydrogen-bond donors (Lipinski definition) is 2. The fourth-order valence-corrected chi connectivity index (χ4v) is 2.14. The number of nitrogens with zero attached hydrogens (tertiary/aromatic N) is 1. The Hall–Kier alpha value is -0.940. The van der Waals surface area contributed by atoms with E-state index in [-0.39, 0.29) is 5.91 Å². The zero-order valence-electron chi connectivity index (χ0n) is 9.63. The molecule has 1 amide bonds. The Kier molecular flexibility index (Phi) is 4.30. The Balaban J connectivity index is 1.68. The van der Waals surface area contributed by atoms with Gasteiger partial charge in [0, 0.05) is 5.71 Å². The van der Waals surface area contributed by atoms with E-state index in [4.69, 9.17) is 4.74 Å². The summed E-state index contributed by atoms with van der Waals surface area (Å²) >= 11 is 0. The lowest BCUT2D eigenvalue weighted by molar-refractivity contribution is -0.900. The molecule has 1 saturated heterocycles. The first kappa shape index (κ1) is 11.5. The van der Waals surface area contributed by atoms with E-state index in [1.54, 1.807) is 0 Å². The van der Waals surface area contributed by atoms with E-state index in [1.807, 2.05) is 0 Å². The normalized spacial score (nSPS) is 22.1. The maximum atomic E-state index is 11.6. The highest BCUT2D eigenvalue weighted by Gasteiger charge is 2.17. The molecule has 0 spiro atoms. The first-order valence-electron chi connectivity index (χ1n) is 6.10. The average Bonchev–Trinajstić information content (AvgIpc) is 2.81. The van der Waals surface area contributed by atoms with Crippen molar-refractivity contribution in [3.8, 4) is 0 Å². The van der Waals surface area contributed by atoms with E-state index in [2.05, 4.69) is 10.5 Å². The second-order valence-corrected chi connectivity index (χ2v) is 4.46. The second kappa shape index (κ2) is 5.96. The summed E-state index contributed by atoms with van der Waals surface area (Å²) in [6, 6.07) is 0. The number of quaternary nitrogens is 1. The maximum Gasteiger partial charge on any atom is 0.295 e. The van der Waals surface area contributed by atoms with Crippen molar-refractivity contribution in [3.63, 3.8) is 0 Å². The van der Waals surface area contributed by atoms with Gasteiger partial charge in [0.15, 0.2) is 6.54 Å². The molecule has 1 aliphatic carbocycles. The summed E-state index contributed by atoms with van der Waals surface area (Å²) in [6.45, 7) is 3.88. The molecule has 2 fully saturated rings. The van der Waals surface area contributed by atoms with E-state index < -0.39 is 0 Å². The smallest absolute Gasteiger partial charge is 0.295 e. The number of rotatable bonds is 3. The third-order valence-electron chi connectivity index (χ3n) is 3.13. The number of morpholine rings is 1. The molecule has 2 N–H and O–H groups in total. The van der Waals surface area contributed by atoms with Crippen LogP contribution in [0.3, 0.4) is 0 Å².